The fraction of sp³-hybridized carbons (Fsp3) is 0.409. The molecule has 0 aliphatic heterocycles. The van der Waals surface area contributed by atoms with Crippen molar-refractivity contribution in [3.8, 4) is 0 Å². The number of aromatic nitrogens is 2. The van der Waals surface area contributed by atoms with Crippen LogP contribution in [0.1, 0.15) is 40.0 Å². The molecule has 1 amide bonds. The van der Waals surface area contributed by atoms with Crippen LogP contribution in [-0.2, 0) is 17.6 Å². The summed E-state index contributed by atoms with van der Waals surface area (Å²) in [5.74, 6) is 0.824. The zero-order valence-electron chi connectivity index (χ0n) is 16.9. The van der Waals surface area contributed by atoms with Crippen LogP contribution < -0.4 is 10.2 Å². The molecule has 3 aromatic rings. The van der Waals surface area contributed by atoms with E-state index in [2.05, 4.69) is 34.3 Å². The Labute approximate surface area is 169 Å². The standard InChI is InChI=1S/C22H26N4OS/c1-13-9-14(2)20(15(3)10-13)25-18(27)11-26(4)21-19-16-7-5-6-8-17(16)28-22(19)24-12-23-21/h9-10,12H,5-8,11H2,1-4H3,(H,25,27). The van der Waals surface area contributed by atoms with Gasteiger partial charge in [0.1, 0.15) is 17.0 Å². The molecule has 146 valence electrons. The third kappa shape index (κ3) is 3.49. The highest BCUT2D eigenvalue weighted by molar-refractivity contribution is 7.19. The van der Waals surface area contributed by atoms with Crippen molar-refractivity contribution in [2.75, 3.05) is 23.8 Å². The number of likely N-dealkylation sites (N-methyl/N-ethyl adjacent to an activating group) is 1. The lowest BCUT2D eigenvalue weighted by atomic mass is 9.97. The van der Waals surface area contributed by atoms with Crippen LogP contribution in [0.3, 0.4) is 0 Å². The third-order valence-corrected chi connectivity index (χ3v) is 6.61. The molecule has 1 aliphatic carbocycles. The highest BCUT2D eigenvalue weighted by Gasteiger charge is 2.22. The number of fused-ring (bicyclic) bond motifs is 3. The van der Waals surface area contributed by atoms with E-state index in [1.54, 1.807) is 17.7 Å². The summed E-state index contributed by atoms with van der Waals surface area (Å²) in [5.41, 5.74) is 5.68. The number of hydrogen-bond donors (Lipinski definition) is 1. The minimum absolute atomic E-state index is 0.0339. The Morgan fingerprint density at radius 2 is 1.86 bits per heavy atom. The summed E-state index contributed by atoms with van der Waals surface area (Å²) >= 11 is 1.78. The molecule has 0 saturated heterocycles. The van der Waals surface area contributed by atoms with Crippen LogP contribution >= 0.6 is 11.3 Å². The molecule has 1 aromatic carbocycles. The normalized spacial score (nSPS) is 13.4. The number of thiophene rings is 1. The Morgan fingerprint density at radius 3 is 2.61 bits per heavy atom. The van der Waals surface area contributed by atoms with E-state index < -0.39 is 0 Å². The molecule has 5 nitrogen and oxygen atoms in total. The van der Waals surface area contributed by atoms with Crippen LogP contribution in [-0.4, -0.2) is 29.5 Å². The number of hydrogen-bond acceptors (Lipinski definition) is 5. The first-order chi connectivity index (χ1) is 13.4. The molecule has 0 bridgehead atoms. The van der Waals surface area contributed by atoms with E-state index in [1.807, 2.05) is 25.8 Å². The topological polar surface area (TPSA) is 58.1 Å². The van der Waals surface area contributed by atoms with Gasteiger partial charge in [-0.3, -0.25) is 4.79 Å². The van der Waals surface area contributed by atoms with Crippen molar-refractivity contribution >= 4 is 39.0 Å². The summed E-state index contributed by atoms with van der Waals surface area (Å²) in [6.45, 7) is 6.39. The van der Waals surface area contributed by atoms with Crippen molar-refractivity contribution in [2.24, 2.45) is 0 Å². The van der Waals surface area contributed by atoms with E-state index in [1.165, 1.54) is 28.8 Å². The minimum Gasteiger partial charge on any atom is -0.350 e. The van der Waals surface area contributed by atoms with Gasteiger partial charge in [0.15, 0.2) is 0 Å². The Kier molecular flexibility index (Phi) is 5.06. The molecule has 6 heteroatoms. The van der Waals surface area contributed by atoms with E-state index in [-0.39, 0.29) is 12.5 Å². The average molecular weight is 395 g/mol. The van der Waals surface area contributed by atoms with E-state index in [9.17, 15) is 4.79 Å². The van der Waals surface area contributed by atoms with Crippen LogP contribution in [0.4, 0.5) is 11.5 Å². The highest BCUT2D eigenvalue weighted by atomic mass is 32.1. The first kappa shape index (κ1) is 18.9. The second-order valence-electron chi connectivity index (χ2n) is 7.77. The zero-order valence-corrected chi connectivity index (χ0v) is 17.7. The molecule has 0 fully saturated rings. The molecule has 2 aromatic heterocycles. The SMILES string of the molecule is Cc1cc(C)c(NC(=O)CN(C)c2ncnc3sc4c(c23)CCCC4)c(C)c1. The summed E-state index contributed by atoms with van der Waals surface area (Å²) in [6.07, 6.45) is 6.28. The number of nitrogens with zero attached hydrogens (tertiary/aromatic N) is 3. The number of rotatable bonds is 4. The summed E-state index contributed by atoms with van der Waals surface area (Å²) in [6, 6.07) is 4.19. The zero-order chi connectivity index (χ0) is 19.8. The van der Waals surface area contributed by atoms with Gasteiger partial charge in [-0.25, -0.2) is 9.97 Å². The van der Waals surface area contributed by atoms with E-state index >= 15 is 0 Å². The number of benzene rings is 1. The van der Waals surface area contributed by atoms with Crippen molar-refractivity contribution in [3.05, 3.63) is 45.6 Å². The van der Waals surface area contributed by atoms with Gasteiger partial charge in [0.05, 0.1) is 11.9 Å². The van der Waals surface area contributed by atoms with Crippen LogP contribution in [0.25, 0.3) is 10.2 Å². The molecule has 28 heavy (non-hydrogen) atoms. The maximum atomic E-state index is 12.8. The van der Waals surface area contributed by atoms with E-state index in [0.717, 1.165) is 45.7 Å². The lowest BCUT2D eigenvalue weighted by molar-refractivity contribution is -0.114. The molecule has 0 saturated carbocycles. The lowest BCUT2D eigenvalue weighted by Gasteiger charge is -2.21. The Balaban J connectivity index is 1.58. The van der Waals surface area contributed by atoms with Crippen LogP contribution in [0.2, 0.25) is 0 Å². The Hall–Kier alpha value is -2.47. The predicted molar refractivity (Wildman–Crippen MR) is 117 cm³/mol. The van der Waals surface area contributed by atoms with Gasteiger partial charge in [0.25, 0.3) is 0 Å². The second-order valence-corrected chi connectivity index (χ2v) is 8.85. The fourth-order valence-corrected chi connectivity index (χ4v) is 5.43. The summed E-state index contributed by atoms with van der Waals surface area (Å²) in [5, 5.41) is 4.23. The maximum Gasteiger partial charge on any atom is 0.243 e. The average Bonchev–Trinajstić information content (AvgIpc) is 3.03. The second kappa shape index (κ2) is 7.51. The molecule has 1 N–H and O–H groups in total. The Bertz CT molecular complexity index is 1030. The number of anilines is 2. The van der Waals surface area contributed by atoms with Crippen LogP contribution in [0.5, 0.6) is 0 Å². The van der Waals surface area contributed by atoms with Gasteiger partial charge < -0.3 is 10.2 Å². The van der Waals surface area contributed by atoms with Gasteiger partial charge in [-0.05, 0) is 63.1 Å². The molecular formula is C22H26N4OS. The minimum atomic E-state index is -0.0339. The third-order valence-electron chi connectivity index (χ3n) is 5.42. The molecule has 4 rings (SSSR count). The fourth-order valence-electron chi connectivity index (χ4n) is 4.21. The number of aryl methyl sites for hydroxylation is 5. The lowest BCUT2D eigenvalue weighted by Crippen LogP contribution is -2.31. The Morgan fingerprint density at radius 1 is 1.14 bits per heavy atom. The largest absolute Gasteiger partial charge is 0.350 e. The molecule has 0 radical (unpaired) electrons. The number of nitrogens with one attached hydrogen (secondary N) is 1. The number of carbonyl (C=O) groups excluding carboxylic acids is 1. The molecule has 1 aliphatic rings. The van der Waals surface area contributed by atoms with Crippen molar-refractivity contribution in [1.82, 2.24) is 9.97 Å². The smallest absolute Gasteiger partial charge is 0.243 e. The molecular weight excluding hydrogens is 368 g/mol. The summed E-state index contributed by atoms with van der Waals surface area (Å²) in [7, 11) is 1.93. The van der Waals surface area contributed by atoms with Gasteiger partial charge >= 0.3 is 0 Å². The number of carbonyl (C=O) groups is 1. The van der Waals surface area contributed by atoms with E-state index in [4.69, 9.17) is 0 Å². The molecule has 0 atom stereocenters. The van der Waals surface area contributed by atoms with Crippen molar-refractivity contribution in [1.29, 1.82) is 0 Å². The first-order valence-corrected chi connectivity index (χ1v) is 10.6. The molecule has 0 spiro atoms. The van der Waals surface area contributed by atoms with Gasteiger partial charge in [-0.15, -0.1) is 11.3 Å². The van der Waals surface area contributed by atoms with Gasteiger partial charge in [0.2, 0.25) is 5.91 Å². The first-order valence-electron chi connectivity index (χ1n) is 9.78. The van der Waals surface area contributed by atoms with Crippen molar-refractivity contribution in [2.45, 2.75) is 46.5 Å². The maximum absolute atomic E-state index is 12.8. The molecule has 2 heterocycles. The summed E-state index contributed by atoms with van der Waals surface area (Å²) in [4.78, 5) is 26.2. The van der Waals surface area contributed by atoms with Gasteiger partial charge in [-0.1, -0.05) is 17.7 Å². The highest BCUT2D eigenvalue weighted by Crippen LogP contribution is 2.39. The van der Waals surface area contributed by atoms with Crippen LogP contribution in [0, 0.1) is 20.8 Å². The monoisotopic (exact) mass is 394 g/mol. The van der Waals surface area contributed by atoms with Gasteiger partial charge in [0, 0.05) is 17.6 Å². The van der Waals surface area contributed by atoms with Crippen LogP contribution in [0.15, 0.2) is 18.5 Å². The predicted octanol–water partition coefficient (Wildman–Crippen LogP) is 4.57. The van der Waals surface area contributed by atoms with Gasteiger partial charge in [-0.2, -0.15) is 0 Å². The number of amides is 1. The quantitative estimate of drug-likeness (QED) is 0.704. The summed E-state index contributed by atoms with van der Waals surface area (Å²) < 4.78 is 0. The van der Waals surface area contributed by atoms with E-state index in [0.29, 0.717) is 0 Å². The van der Waals surface area contributed by atoms with Crippen molar-refractivity contribution in [3.63, 3.8) is 0 Å². The van der Waals surface area contributed by atoms with Crippen molar-refractivity contribution < 1.29 is 4.79 Å². The molecule has 0 unspecified atom stereocenters.